The smallest absolute Gasteiger partial charge is 0.287 e. The summed E-state index contributed by atoms with van der Waals surface area (Å²) < 4.78 is 0. The number of hydrogen-bond acceptors (Lipinski definition) is 4. The van der Waals surface area contributed by atoms with Crippen LogP contribution in [0, 0.1) is 0 Å². The minimum atomic E-state index is -1.09. The van der Waals surface area contributed by atoms with Crippen LogP contribution in [0.15, 0.2) is 67.0 Å². The van der Waals surface area contributed by atoms with Gasteiger partial charge in [0.25, 0.3) is 11.8 Å². The van der Waals surface area contributed by atoms with E-state index in [2.05, 4.69) is 15.3 Å². The molecule has 7 nitrogen and oxygen atoms in total. The van der Waals surface area contributed by atoms with Crippen molar-refractivity contribution in [3.63, 3.8) is 0 Å². The standard InChI is InChI=1S/C20H18N4O3/c21-19(26)18(25)16(12-13-6-2-1-3-7-13)24-20(27)14-9-11-23-17(14)15-8-4-5-10-22-15/h1-11,16,23H,12H2,(H2,21,26)(H,24,27). The molecule has 27 heavy (non-hydrogen) atoms. The first-order valence-corrected chi connectivity index (χ1v) is 8.33. The number of Topliss-reactive ketones (excluding diaryl/α,β-unsaturated/α-hetero) is 1. The number of carbonyl (C=O) groups is 3. The van der Waals surface area contributed by atoms with Crippen molar-refractivity contribution in [1.29, 1.82) is 0 Å². The summed E-state index contributed by atoms with van der Waals surface area (Å²) in [5.74, 6) is -2.43. The van der Waals surface area contributed by atoms with E-state index in [1.165, 1.54) is 0 Å². The first kappa shape index (κ1) is 18.1. The van der Waals surface area contributed by atoms with E-state index in [1.807, 2.05) is 30.3 Å². The van der Waals surface area contributed by atoms with Gasteiger partial charge in [-0.25, -0.2) is 0 Å². The lowest BCUT2D eigenvalue weighted by Crippen LogP contribution is -2.47. The second-order valence-electron chi connectivity index (χ2n) is 5.93. The predicted molar refractivity (Wildman–Crippen MR) is 99.6 cm³/mol. The van der Waals surface area contributed by atoms with Crippen LogP contribution in [0.25, 0.3) is 11.4 Å². The number of nitrogens with two attached hydrogens (primary N) is 1. The second-order valence-corrected chi connectivity index (χ2v) is 5.93. The Morgan fingerprint density at radius 2 is 1.78 bits per heavy atom. The Labute approximate surface area is 155 Å². The first-order chi connectivity index (χ1) is 13.1. The van der Waals surface area contributed by atoms with Crippen molar-refractivity contribution < 1.29 is 14.4 Å². The molecule has 1 atom stereocenters. The minimum absolute atomic E-state index is 0.164. The highest BCUT2D eigenvalue weighted by molar-refractivity contribution is 6.38. The number of primary amides is 1. The van der Waals surface area contributed by atoms with Crippen molar-refractivity contribution in [2.75, 3.05) is 0 Å². The number of amides is 2. The Hall–Kier alpha value is -3.74. The Bertz CT molecular complexity index is 952. The number of aromatic nitrogens is 2. The first-order valence-electron chi connectivity index (χ1n) is 8.33. The summed E-state index contributed by atoms with van der Waals surface area (Å²) in [7, 11) is 0. The Kier molecular flexibility index (Phi) is 5.41. The quantitative estimate of drug-likeness (QED) is 0.552. The number of carbonyl (C=O) groups excluding carboxylic acids is 3. The van der Waals surface area contributed by atoms with Crippen LogP contribution in [-0.4, -0.2) is 33.6 Å². The van der Waals surface area contributed by atoms with Gasteiger partial charge in [-0.3, -0.25) is 19.4 Å². The Morgan fingerprint density at radius 3 is 2.44 bits per heavy atom. The molecule has 0 aliphatic rings. The molecular formula is C20H18N4O3. The third-order valence-corrected chi connectivity index (χ3v) is 4.06. The molecule has 0 spiro atoms. The van der Waals surface area contributed by atoms with Crippen LogP contribution in [-0.2, 0) is 16.0 Å². The number of ketones is 1. The monoisotopic (exact) mass is 362 g/mol. The van der Waals surface area contributed by atoms with Gasteiger partial charge in [0.2, 0.25) is 5.78 Å². The largest absolute Gasteiger partial charge is 0.363 e. The van der Waals surface area contributed by atoms with Gasteiger partial charge in [-0.05, 0) is 23.8 Å². The van der Waals surface area contributed by atoms with Gasteiger partial charge in [0.1, 0.15) is 6.04 Å². The van der Waals surface area contributed by atoms with Crippen molar-refractivity contribution in [3.8, 4) is 11.4 Å². The van der Waals surface area contributed by atoms with Gasteiger partial charge in [0.05, 0.1) is 17.0 Å². The second kappa shape index (κ2) is 8.09. The van der Waals surface area contributed by atoms with E-state index in [0.717, 1.165) is 5.56 Å². The van der Waals surface area contributed by atoms with Gasteiger partial charge >= 0.3 is 0 Å². The number of benzene rings is 1. The van der Waals surface area contributed by atoms with Crippen LogP contribution in [0.3, 0.4) is 0 Å². The zero-order chi connectivity index (χ0) is 19.2. The van der Waals surface area contributed by atoms with Gasteiger partial charge in [0, 0.05) is 18.8 Å². The van der Waals surface area contributed by atoms with Crippen LogP contribution >= 0.6 is 0 Å². The number of H-pyrrole nitrogens is 1. The number of pyridine rings is 1. The van der Waals surface area contributed by atoms with E-state index in [1.54, 1.807) is 36.7 Å². The Morgan fingerprint density at radius 1 is 1.04 bits per heavy atom. The molecule has 7 heteroatoms. The number of nitrogens with zero attached hydrogens (tertiary/aromatic N) is 1. The molecule has 0 bridgehead atoms. The summed E-state index contributed by atoms with van der Waals surface area (Å²) in [6.45, 7) is 0. The molecule has 2 aromatic heterocycles. The van der Waals surface area contributed by atoms with Gasteiger partial charge < -0.3 is 16.0 Å². The molecule has 2 amide bonds. The average molecular weight is 362 g/mol. The zero-order valence-electron chi connectivity index (χ0n) is 14.4. The highest BCUT2D eigenvalue weighted by Gasteiger charge is 2.27. The normalized spacial score (nSPS) is 11.6. The van der Waals surface area contributed by atoms with Crippen LogP contribution < -0.4 is 11.1 Å². The van der Waals surface area contributed by atoms with E-state index in [4.69, 9.17) is 5.73 Å². The van der Waals surface area contributed by atoms with E-state index < -0.39 is 23.6 Å². The maximum Gasteiger partial charge on any atom is 0.287 e. The SMILES string of the molecule is NC(=O)C(=O)C(Cc1ccccc1)NC(=O)c1cc[nH]c1-c1ccccn1. The van der Waals surface area contributed by atoms with Crippen LogP contribution in [0.2, 0.25) is 0 Å². The lowest BCUT2D eigenvalue weighted by Gasteiger charge is -2.16. The highest BCUT2D eigenvalue weighted by atomic mass is 16.2. The van der Waals surface area contributed by atoms with Crippen molar-refractivity contribution >= 4 is 17.6 Å². The number of nitrogens with one attached hydrogen (secondary N) is 2. The van der Waals surface area contributed by atoms with Crippen molar-refractivity contribution in [3.05, 3.63) is 78.1 Å². The summed E-state index contributed by atoms with van der Waals surface area (Å²) >= 11 is 0. The molecule has 136 valence electrons. The third kappa shape index (κ3) is 4.27. The molecule has 1 unspecified atom stereocenters. The highest BCUT2D eigenvalue weighted by Crippen LogP contribution is 2.19. The molecular weight excluding hydrogens is 344 g/mol. The van der Waals surface area contributed by atoms with Crippen LogP contribution in [0.4, 0.5) is 0 Å². The number of aromatic amines is 1. The molecule has 3 aromatic rings. The number of rotatable bonds is 7. The average Bonchev–Trinajstić information content (AvgIpc) is 3.18. The fraction of sp³-hybridized carbons (Fsp3) is 0.100. The number of hydrogen-bond donors (Lipinski definition) is 3. The summed E-state index contributed by atoms with van der Waals surface area (Å²) in [6, 6.07) is 15.0. The lowest BCUT2D eigenvalue weighted by atomic mass is 10.0. The van der Waals surface area contributed by atoms with Crippen molar-refractivity contribution in [2.45, 2.75) is 12.5 Å². The molecule has 2 heterocycles. The molecule has 0 radical (unpaired) electrons. The molecule has 1 aromatic carbocycles. The maximum absolute atomic E-state index is 12.8. The molecule has 4 N–H and O–H groups in total. The summed E-state index contributed by atoms with van der Waals surface area (Å²) in [5, 5.41) is 2.62. The fourth-order valence-electron chi connectivity index (χ4n) is 2.75. The van der Waals surface area contributed by atoms with E-state index in [-0.39, 0.29) is 6.42 Å². The summed E-state index contributed by atoms with van der Waals surface area (Å²) in [5.41, 5.74) is 7.39. The van der Waals surface area contributed by atoms with Gasteiger partial charge in [-0.1, -0.05) is 36.4 Å². The van der Waals surface area contributed by atoms with E-state index in [0.29, 0.717) is 17.0 Å². The molecule has 0 saturated carbocycles. The van der Waals surface area contributed by atoms with Gasteiger partial charge in [-0.2, -0.15) is 0 Å². The van der Waals surface area contributed by atoms with Crippen LogP contribution in [0.1, 0.15) is 15.9 Å². The van der Waals surface area contributed by atoms with Crippen molar-refractivity contribution in [1.82, 2.24) is 15.3 Å². The van der Waals surface area contributed by atoms with Crippen molar-refractivity contribution in [2.24, 2.45) is 5.73 Å². The molecule has 3 rings (SSSR count). The van der Waals surface area contributed by atoms with Gasteiger partial charge in [0.15, 0.2) is 0 Å². The lowest BCUT2D eigenvalue weighted by molar-refractivity contribution is -0.137. The van der Waals surface area contributed by atoms with Gasteiger partial charge in [-0.15, -0.1) is 0 Å². The zero-order valence-corrected chi connectivity index (χ0v) is 14.4. The molecule has 0 saturated heterocycles. The minimum Gasteiger partial charge on any atom is -0.363 e. The fourth-order valence-corrected chi connectivity index (χ4v) is 2.75. The summed E-state index contributed by atoms with van der Waals surface area (Å²) in [6.07, 6.45) is 3.39. The van der Waals surface area contributed by atoms with E-state index in [9.17, 15) is 14.4 Å². The predicted octanol–water partition coefficient (Wildman–Crippen LogP) is 1.47. The maximum atomic E-state index is 12.8. The van der Waals surface area contributed by atoms with E-state index >= 15 is 0 Å². The third-order valence-electron chi connectivity index (χ3n) is 4.06. The topological polar surface area (TPSA) is 118 Å². The molecule has 0 aliphatic carbocycles. The Balaban J connectivity index is 1.84. The van der Waals surface area contributed by atoms with Crippen LogP contribution in [0.5, 0.6) is 0 Å². The molecule has 0 aliphatic heterocycles. The summed E-state index contributed by atoms with van der Waals surface area (Å²) in [4.78, 5) is 43.6. The molecule has 0 fully saturated rings.